The van der Waals surface area contributed by atoms with Crippen molar-refractivity contribution in [2.45, 2.75) is 19.0 Å². The third-order valence-electron chi connectivity index (χ3n) is 5.33. The average molecular weight is 388 g/mol. The summed E-state index contributed by atoms with van der Waals surface area (Å²) in [6.45, 7) is 0.0445. The highest BCUT2D eigenvalue weighted by Gasteiger charge is 2.38. The van der Waals surface area contributed by atoms with Crippen LogP contribution in [0.4, 0.5) is 9.18 Å². The lowest BCUT2D eigenvalue weighted by molar-refractivity contribution is -0.127. The van der Waals surface area contributed by atoms with E-state index in [4.69, 9.17) is 0 Å². The molecule has 0 bridgehead atoms. The molecule has 1 fully saturated rings. The number of pyridine rings is 1. The summed E-state index contributed by atoms with van der Waals surface area (Å²) in [5.74, 6) is -0.681. The van der Waals surface area contributed by atoms with E-state index < -0.39 is 12.1 Å². The molecule has 7 heteroatoms. The van der Waals surface area contributed by atoms with Gasteiger partial charge in [-0.25, -0.2) is 9.18 Å². The smallest absolute Gasteiger partial charge is 0.325 e. The number of rotatable bonds is 4. The normalized spacial score (nSPS) is 16.7. The number of aromatic nitrogens is 2. The standard InChI is InChI=1S/C22H17FN4O2/c23-17-8-7-13(20-16(17)5-3-9-24-20)12-27-21(28)19(26-22(27)29)10-14-11-25-18-6-2-1-4-15(14)18/h1-9,11,19,25H,10,12H2,(H,26,29). The summed E-state index contributed by atoms with van der Waals surface area (Å²) in [6, 6.07) is 12.9. The second kappa shape index (κ2) is 6.70. The fraction of sp³-hybridized carbons (Fsp3) is 0.136. The van der Waals surface area contributed by atoms with E-state index in [0.29, 0.717) is 22.9 Å². The van der Waals surface area contributed by atoms with Crippen LogP contribution in [-0.2, 0) is 17.8 Å². The highest BCUT2D eigenvalue weighted by atomic mass is 19.1. The van der Waals surface area contributed by atoms with Crippen LogP contribution in [0.25, 0.3) is 21.8 Å². The molecule has 2 N–H and O–H groups in total. The van der Waals surface area contributed by atoms with Gasteiger partial charge in [0.05, 0.1) is 12.1 Å². The predicted molar refractivity (Wildman–Crippen MR) is 107 cm³/mol. The first kappa shape index (κ1) is 17.4. The van der Waals surface area contributed by atoms with E-state index in [9.17, 15) is 14.0 Å². The van der Waals surface area contributed by atoms with Crippen LogP contribution < -0.4 is 5.32 Å². The fourth-order valence-corrected chi connectivity index (χ4v) is 3.88. The number of hydrogen-bond donors (Lipinski definition) is 2. The molecule has 1 aliphatic rings. The monoisotopic (exact) mass is 388 g/mol. The van der Waals surface area contributed by atoms with Gasteiger partial charge in [0.25, 0.3) is 5.91 Å². The first-order chi connectivity index (χ1) is 14.1. The molecule has 5 rings (SSSR count). The quantitative estimate of drug-likeness (QED) is 0.525. The maximum Gasteiger partial charge on any atom is 0.325 e. The minimum absolute atomic E-state index is 0.0445. The number of benzene rings is 2. The zero-order valence-electron chi connectivity index (χ0n) is 15.4. The minimum atomic E-state index is -0.638. The Morgan fingerprint density at radius 3 is 2.72 bits per heavy atom. The third-order valence-corrected chi connectivity index (χ3v) is 5.33. The van der Waals surface area contributed by atoms with Crippen LogP contribution in [0.2, 0.25) is 0 Å². The molecular formula is C22H17FN4O2. The topological polar surface area (TPSA) is 78.1 Å². The van der Waals surface area contributed by atoms with Crippen molar-refractivity contribution in [2.75, 3.05) is 0 Å². The molecule has 1 unspecified atom stereocenters. The first-order valence-corrected chi connectivity index (χ1v) is 9.31. The number of H-pyrrole nitrogens is 1. The van der Waals surface area contributed by atoms with E-state index in [0.717, 1.165) is 16.5 Å². The third kappa shape index (κ3) is 2.91. The molecule has 3 amide bonds. The zero-order valence-corrected chi connectivity index (χ0v) is 15.4. The van der Waals surface area contributed by atoms with Gasteiger partial charge in [0, 0.05) is 35.1 Å². The van der Waals surface area contributed by atoms with Gasteiger partial charge in [0.1, 0.15) is 11.9 Å². The minimum Gasteiger partial charge on any atom is -0.361 e. The van der Waals surface area contributed by atoms with Crippen molar-refractivity contribution in [3.8, 4) is 0 Å². The average Bonchev–Trinajstić information content (AvgIpc) is 3.26. The number of urea groups is 1. The molecule has 1 atom stereocenters. The summed E-state index contributed by atoms with van der Waals surface area (Å²) < 4.78 is 14.0. The van der Waals surface area contributed by atoms with Crippen molar-refractivity contribution in [3.63, 3.8) is 0 Å². The number of halogens is 1. The molecule has 6 nitrogen and oxygen atoms in total. The molecule has 0 radical (unpaired) electrons. The molecule has 1 aliphatic heterocycles. The Morgan fingerprint density at radius 2 is 1.83 bits per heavy atom. The van der Waals surface area contributed by atoms with Crippen LogP contribution in [0.15, 0.2) is 60.9 Å². The van der Waals surface area contributed by atoms with E-state index in [1.165, 1.54) is 11.0 Å². The lowest BCUT2D eigenvalue weighted by atomic mass is 10.0. The van der Waals surface area contributed by atoms with Crippen molar-refractivity contribution in [1.29, 1.82) is 0 Å². The van der Waals surface area contributed by atoms with Crippen LogP contribution in [0.5, 0.6) is 0 Å². The maximum absolute atomic E-state index is 14.0. The number of carbonyl (C=O) groups is 2. The van der Waals surface area contributed by atoms with Gasteiger partial charge in [0.15, 0.2) is 0 Å². The molecule has 1 saturated heterocycles. The number of para-hydroxylation sites is 1. The maximum atomic E-state index is 14.0. The van der Waals surface area contributed by atoms with Crippen molar-refractivity contribution < 1.29 is 14.0 Å². The van der Waals surface area contributed by atoms with Gasteiger partial charge < -0.3 is 10.3 Å². The van der Waals surface area contributed by atoms with Gasteiger partial charge in [-0.2, -0.15) is 0 Å². The number of hydrogen-bond acceptors (Lipinski definition) is 3. The molecule has 0 spiro atoms. The summed E-state index contributed by atoms with van der Waals surface area (Å²) in [4.78, 5) is 34.0. The van der Waals surface area contributed by atoms with Crippen LogP contribution >= 0.6 is 0 Å². The number of carbonyl (C=O) groups excluding carboxylic acids is 2. The van der Waals surface area contributed by atoms with Gasteiger partial charge in [-0.1, -0.05) is 24.3 Å². The first-order valence-electron chi connectivity index (χ1n) is 9.31. The Morgan fingerprint density at radius 1 is 1.00 bits per heavy atom. The summed E-state index contributed by atoms with van der Waals surface area (Å²) in [5, 5.41) is 4.16. The Kier molecular flexibility index (Phi) is 4.01. The second-order valence-electron chi connectivity index (χ2n) is 7.10. The molecule has 3 heterocycles. The predicted octanol–water partition coefficient (Wildman–Crippen LogP) is 3.52. The van der Waals surface area contributed by atoms with Gasteiger partial charge in [0.2, 0.25) is 0 Å². The Bertz CT molecular complexity index is 1270. The molecular weight excluding hydrogens is 371 g/mol. The number of imide groups is 1. The Labute approximate surface area is 165 Å². The van der Waals surface area contributed by atoms with E-state index in [1.807, 2.05) is 30.5 Å². The van der Waals surface area contributed by atoms with Crippen LogP contribution in [0.3, 0.4) is 0 Å². The molecule has 4 aromatic rings. The second-order valence-corrected chi connectivity index (χ2v) is 7.10. The van der Waals surface area contributed by atoms with Crippen molar-refractivity contribution in [3.05, 3.63) is 77.9 Å². The Balaban J connectivity index is 1.41. The molecule has 29 heavy (non-hydrogen) atoms. The highest BCUT2D eigenvalue weighted by molar-refractivity contribution is 6.04. The number of aromatic amines is 1. The van der Waals surface area contributed by atoms with Crippen LogP contribution in [0.1, 0.15) is 11.1 Å². The van der Waals surface area contributed by atoms with Crippen LogP contribution in [-0.4, -0.2) is 32.8 Å². The van der Waals surface area contributed by atoms with E-state index >= 15 is 0 Å². The molecule has 0 aliphatic carbocycles. The van der Waals surface area contributed by atoms with Gasteiger partial charge >= 0.3 is 6.03 Å². The lowest BCUT2D eigenvalue weighted by Gasteiger charge is -2.14. The number of fused-ring (bicyclic) bond motifs is 2. The SMILES string of the molecule is O=C1NC(Cc2c[nH]c3ccccc23)C(=O)N1Cc1ccc(F)c2cccnc12. The molecule has 2 aromatic heterocycles. The van der Waals surface area contributed by atoms with Crippen LogP contribution in [0, 0.1) is 5.82 Å². The summed E-state index contributed by atoms with van der Waals surface area (Å²) >= 11 is 0. The van der Waals surface area contributed by atoms with Gasteiger partial charge in [-0.15, -0.1) is 0 Å². The van der Waals surface area contributed by atoms with Crippen molar-refractivity contribution in [1.82, 2.24) is 20.2 Å². The lowest BCUT2D eigenvalue weighted by Crippen LogP contribution is -2.32. The molecule has 144 valence electrons. The van der Waals surface area contributed by atoms with E-state index in [2.05, 4.69) is 15.3 Å². The summed E-state index contributed by atoms with van der Waals surface area (Å²) in [5.41, 5.74) is 3.03. The number of nitrogens with one attached hydrogen (secondary N) is 2. The largest absolute Gasteiger partial charge is 0.361 e. The van der Waals surface area contributed by atoms with E-state index in [1.54, 1.807) is 24.4 Å². The van der Waals surface area contributed by atoms with Crippen molar-refractivity contribution >= 4 is 33.7 Å². The van der Waals surface area contributed by atoms with E-state index in [-0.39, 0.29) is 18.3 Å². The Hall–Kier alpha value is -3.74. The fourth-order valence-electron chi connectivity index (χ4n) is 3.88. The summed E-state index contributed by atoms with van der Waals surface area (Å²) in [6.07, 6.45) is 3.83. The van der Waals surface area contributed by atoms with Crippen molar-refractivity contribution in [2.24, 2.45) is 0 Å². The summed E-state index contributed by atoms with van der Waals surface area (Å²) in [7, 11) is 0. The highest BCUT2D eigenvalue weighted by Crippen LogP contribution is 2.24. The molecule has 2 aromatic carbocycles. The van der Waals surface area contributed by atoms with Gasteiger partial charge in [-0.05, 0) is 35.4 Å². The molecule has 0 saturated carbocycles. The number of amides is 3. The van der Waals surface area contributed by atoms with Gasteiger partial charge in [-0.3, -0.25) is 14.7 Å². The zero-order chi connectivity index (χ0) is 20.0. The number of nitrogens with zero attached hydrogens (tertiary/aromatic N) is 2.